The van der Waals surface area contributed by atoms with Crippen molar-refractivity contribution < 1.29 is 9.21 Å². The van der Waals surface area contributed by atoms with E-state index in [1.165, 1.54) is 6.08 Å². The quantitative estimate of drug-likeness (QED) is 0.392. The van der Waals surface area contributed by atoms with Gasteiger partial charge in [-0.2, -0.15) is 4.99 Å². The molecule has 1 aromatic heterocycles. The van der Waals surface area contributed by atoms with Gasteiger partial charge in [-0.1, -0.05) is 6.07 Å². The molecule has 0 fully saturated rings. The minimum atomic E-state index is 0.519. The fraction of sp³-hybridized carbons (Fsp3) is 0. The zero-order valence-corrected chi connectivity index (χ0v) is 11.8. The fourth-order valence-electron chi connectivity index (χ4n) is 1.78. The zero-order valence-electron chi connectivity index (χ0n) is 9.63. The number of halogens is 1. The second kappa shape index (κ2) is 4.95. The van der Waals surface area contributed by atoms with Gasteiger partial charge in [0.2, 0.25) is 12.0 Å². The van der Waals surface area contributed by atoms with Gasteiger partial charge in [0.25, 0.3) is 0 Å². The fourth-order valence-corrected chi connectivity index (χ4v) is 2.33. The van der Waals surface area contributed by atoms with Gasteiger partial charge in [-0.15, -0.1) is 0 Å². The van der Waals surface area contributed by atoms with Crippen molar-refractivity contribution in [2.45, 2.75) is 0 Å². The van der Waals surface area contributed by atoms with Crippen molar-refractivity contribution in [3.05, 3.63) is 46.0 Å². The van der Waals surface area contributed by atoms with E-state index in [0.29, 0.717) is 22.7 Å². The second-order valence-electron chi connectivity index (χ2n) is 3.88. The van der Waals surface area contributed by atoms with Crippen LogP contribution in [0.5, 0.6) is 0 Å². The molecule has 0 amide bonds. The van der Waals surface area contributed by atoms with Crippen molar-refractivity contribution in [1.82, 2.24) is 4.98 Å². The molecule has 92 valence electrons. The lowest BCUT2D eigenvalue weighted by molar-refractivity contribution is 0.565. The Balaban J connectivity index is 2.13. The van der Waals surface area contributed by atoms with Crippen LogP contribution in [0, 0.1) is 3.57 Å². The molecule has 3 aromatic rings. The first-order valence-electron chi connectivity index (χ1n) is 5.51. The molecule has 19 heavy (non-hydrogen) atoms. The van der Waals surface area contributed by atoms with Crippen LogP contribution in [0.4, 0.5) is 5.69 Å². The number of aromatic nitrogens is 1. The van der Waals surface area contributed by atoms with Crippen LogP contribution in [0.25, 0.3) is 22.6 Å². The number of isocyanates is 1. The van der Waals surface area contributed by atoms with Gasteiger partial charge in [0.15, 0.2) is 5.58 Å². The monoisotopic (exact) mass is 362 g/mol. The number of carbonyl (C=O) groups excluding carboxylic acids is 1. The van der Waals surface area contributed by atoms with E-state index in [9.17, 15) is 4.79 Å². The molecule has 0 saturated heterocycles. The van der Waals surface area contributed by atoms with Gasteiger partial charge in [0.1, 0.15) is 5.52 Å². The number of oxazole rings is 1. The number of benzene rings is 2. The molecular weight excluding hydrogens is 355 g/mol. The summed E-state index contributed by atoms with van der Waals surface area (Å²) in [5.41, 5.74) is 2.78. The largest absolute Gasteiger partial charge is 0.436 e. The molecule has 0 bridgehead atoms. The molecule has 1 heterocycles. The summed E-state index contributed by atoms with van der Waals surface area (Å²) in [6.45, 7) is 0. The molecule has 5 heteroatoms. The second-order valence-corrected chi connectivity index (χ2v) is 5.13. The maximum absolute atomic E-state index is 10.2. The van der Waals surface area contributed by atoms with E-state index in [1.807, 2.05) is 24.3 Å². The highest BCUT2D eigenvalue weighted by Gasteiger charge is 2.08. The van der Waals surface area contributed by atoms with Crippen LogP contribution in [-0.4, -0.2) is 11.1 Å². The van der Waals surface area contributed by atoms with Crippen molar-refractivity contribution in [2.75, 3.05) is 0 Å². The molecule has 4 nitrogen and oxygen atoms in total. The van der Waals surface area contributed by atoms with Gasteiger partial charge < -0.3 is 4.42 Å². The number of hydrogen-bond acceptors (Lipinski definition) is 4. The Morgan fingerprint density at radius 1 is 1.21 bits per heavy atom. The zero-order chi connectivity index (χ0) is 13.2. The van der Waals surface area contributed by atoms with E-state index in [2.05, 4.69) is 32.6 Å². The summed E-state index contributed by atoms with van der Waals surface area (Å²) in [5.74, 6) is 0.556. The molecular formula is C14H7IN2O2. The van der Waals surface area contributed by atoms with Gasteiger partial charge in [-0.05, 0) is 59.0 Å². The predicted molar refractivity (Wildman–Crippen MR) is 79.9 cm³/mol. The average molecular weight is 362 g/mol. The molecule has 0 aliphatic rings. The highest BCUT2D eigenvalue weighted by Crippen LogP contribution is 2.27. The molecule has 0 spiro atoms. The van der Waals surface area contributed by atoms with E-state index < -0.39 is 0 Å². The Morgan fingerprint density at radius 3 is 2.89 bits per heavy atom. The number of fused-ring (bicyclic) bond motifs is 1. The van der Waals surface area contributed by atoms with Gasteiger partial charge >= 0.3 is 0 Å². The first-order chi connectivity index (χ1) is 9.26. The SMILES string of the molecule is O=C=Nc1ccc2oc(-c3cccc(I)c3)nc2c1. The lowest BCUT2D eigenvalue weighted by Crippen LogP contribution is -1.77. The summed E-state index contributed by atoms with van der Waals surface area (Å²) in [6.07, 6.45) is 1.51. The van der Waals surface area contributed by atoms with E-state index >= 15 is 0 Å². The number of rotatable bonds is 2. The number of aliphatic imine (C=N–C) groups is 1. The van der Waals surface area contributed by atoms with Crippen LogP contribution in [0.2, 0.25) is 0 Å². The Morgan fingerprint density at radius 2 is 2.11 bits per heavy atom. The first kappa shape index (κ1) is 12.1. The summed E-state index contributed by atoms with van der Waals surface area (Å²) in [5, 5.41) is 0. The van der Waals surface area contributed by atoms with Crippen LogP contribution in [0.15, 0.2) is 51.9 Å². The third-order valence-corrected chi connectivity index (χ3v) is 3.29. The minimum absolute atomic E-state index is 0.519. The van der Waals surface area contributed by atoms with E-state index in [-0.39, 0.29) is 0 Å². The molecule has 0 N–H and O–H groups in total. The Labute approximate surface area is 122 Å². The maximum atomic E-state index is 10.2. The van der Waals surface area contributed by atoms with Crippen molar-refractivity contribution >= 4 is 45.5 Å². The van der Waals surface area contributed by atoms with E-state index in [4.69, 9.17) is 4.42 Å². The van der Waals surface area contributed by atoms with Gasteiger partial charge in [-0.3, -0.25) is 0 Å². The number of hydrogen-bond donors (Lipinski definition) is 0. The van der Waals surface area contributed by atoms with Crippen LogP contribution < -0.4 is 0 Å². The molecule has 3 rings (SSSR count). The van der Waals surface area contributed by atoms with Crippen LogP contribution in [0.3, 0.4) is 0 Å². The summed E-state index contributed by atoms with van der Waals surface area (Å²) >= 11 is 2.24. The Kier molecular flexibility index (Phi) is 3.15. The third-order valence-electron chi connectivity index (χ3n) is 2.62. The van der Waals surface area contributed by atoms with Crippen molar-refractivity contribution in [1.29, 1.82) is 0 Å². The van der Waals surface area contributed by atoms with Gasteiger partial charge in [-0.25, -0.2) is 9.78 Å². The molecule has 0 atom stereocenters. The van der Waals surface area contributed by atoms with Crippen molar-refractivity contribution in [3.8, 4) is 11.5 Å². The Bertz CT molecular complexity index is 804. The highest BCUT2D eigenvalue weighted by molar-refractivity contribution is 14.1. The van der Waals surface area contributed by atoms with Crippen LogP contribution in [0.1, 0.15) is 0 Å². The predicted octanol–water partition coefficient (Wildman–Crippen LogP) is 4.07. The molecule has 0 aliphatic heterocycles. The molecule has 0 radical (unpaired) electrons. The number of nitrogens with zero attached hydrogens (tertiary/aromatic N) is 2. The summed E-state index contributed by atoms with van der Waals surface area (Å²) in [7, 11) is 0. The molecule has 0 aliphatic carbocycles. The first-order valence-corrected chi connectivity index (χ1v) is 6.58. The normalized spacial score (nSPS) is 10.4. The molecule has 0 unspecified atom stereocenters. The summed E-state index contributed by atoms with van der Waals surface area (Å²) in [4.78, 5) is 18.2. The van der Waals surface area contributed by atoms with Crippen LogP contribution in [-0.2, 0) is 4.79 Å². The van der Waals surface area contributed by atoms with Gasteiger partial charge in [0.05, 0.1) is 5.69 Å². The average Bonchev–Trinajstić information content (AvgIpc) is 2.82. The smallest absolute Gasteiger partial charge is 0.240 e. The minimum Gasteiger partial charge on any atom is -0.436 e. The Hall–Kier alpha value is -1.98. The van der Waals surface area contributed by atoms with E-state index in [0.717, 1.165) is 9.13 Å². The standard InChI is InChI=1S/C14H7IN2O2/c15-10-3-1-2-9(6-10)14-17-12-7-11(16-8-18)4-5-13(12)19-14/h1-7H. The lowest BCUT2D eigenvalue weighted by atomic mass is 10.2. The maximum Gasteiger partial charge on any atom is 0.240 e. The molecule has 2 aromatic carbocycles. The summed E-state index contributed by atoms with van der Waals surface area (Å²) in [6, 6.07) is 13.0. The third kappa shape index (κ3) is 2.43. The lowest BCUT2D eigenvalue weighted by Gasteiger charge is -1.94. The highest BCUT2D eigenvalue weighted by atomic mass is 127. The summed E-state index contributed by atoms with van der Waals surface area (Å²) < 4.78 is 6.80. The molecule has 0 saturated carbocycles. The van der Waals surface area contributed by atoms with Crippen LogP contribution >= 0.6 is 22.6 Å². The topological polar surface area (TPSA) is 55.5 Å². The van der Waals surface area contributed by atoms with Gasteiger partial charge in [0, 0.05) is 9.13 Å². The van der Waals surface area contributed by atoms with Crippen molar-refractivity contribution in [2.24, 2.45) is 4.99 Å². The van der Waals surface area contributed by atoms with Crippen molar-refractivity contribution in [3.63, 3.8) is 0 Å². The van der Waals surface area contributed by atoms with E-state index in [1.54, 1.807) is 18.2 Å².